The van der Waals surface area contributed by atoms with Gasteiger partial charge in [-0.05, 0) is 42.8 Å². The van der Waals surface area contributed by atoms with Gasteiger partial charge in [0.2, 0.25) is 11.8 Å². The number of nitrogens with one attached hydrogen (secondary N) is 2. The summed E-state index contributed by atoms with van der Waals surface area (Å²) in [5.41, 5.74) is 1.93. The summed E-state index contributed by atoms with van der Waals surface area (Å²) in [5, 5.41) is 6.10. The third-order valence-corrected chi connectivity index (χ3v) is 3.98. The molecule has 0 fully saturated rings. The van der Waals surface area contributed by atoms with Gasteiger partial charge in [0.25, 0.3) is 0 Å². The lowest BCUT2D eigenvalue weighted by molar-refractivity contribution is -0.145. The highest BCUT2D eigenvalue weighted by molar-refractivity contribution is 5.93. The molecule has 0 saturated heterocycles. The van der Waals surface area contributed by atoms with Gasteiger partial charge in [0.15, 0.2) is 6.61 Å². The van der Waals surface area contributed by atoms with E-state index in [0.29, 0.717) is 11.3 Å². The number of esters is 1. The normalized spacial score (nSPS) is 11.2. The van der Waals surface area contributed by atoms with Gasteiger partial charge in [0.1, 0.15) is 5.75 Å². The number of benzene rings is 2. The molecule has 2 amide bonds. The quantitative estimate of drug-likeness (QED) is 0.317. The lowest BCUT2D eigenvalue weighted by atomic mass is 10.2. The fraction of sp³-hybridized carbons (Fsp3) is 0.273. The third kappa shape index (κ3) is 9.42. The number of ether oxygens (including phenoxy) is 2. The summed E-state index contributed by atoms with van der Waals surface area (Å²) in [4.78, 5) is 35.1. The number of nitrogens with zero attached hydrogens (tertiary/aromatic N) is 1. The second-order valence-corrected chi connectivity index (χ2v) is 6.59. The maximum absolute atomic E-state index is 12.7. The van der Waals surface area contributed by atoms with Crippen molar-refractivity contribution in [3.05, 3.63) is 59.7 Å². The van der Waals surface area contributed by atoms with Crippen LogP contribution in [0.5, 0.6) is 5.75 Å². The molecule has 0 unspecified atom stereocenters. The molecule has 2 aromatic carbocycles. The minimum absolute atomic E-state index is 0.0155. The number of amides is 2. The standard InChI is InChI=1S/C22H22F3N3O5/c1-2-32-21(31)14-33-18-8-3-5-15(11-18)13-26-28-20(30)10-9-19(29)27-17-7-4-6-16(12-17)22(23,24)25/h3-8,11-13H,2,9-10,14H2,1H3,(H,27,29)(H,28,30). The Morgan fingerprint density at radius 3 is 2.48 bits per heavy atom. The molecule has 2 aromatic rings. The molecule has 0 bridgehead atoms. The van der Waals surface area contributed by atoms with Crippen LogP contribution in [0.15, 0.2) is 53.6 Å². The molecule has 0 atom stereocenters. The fourth-order valence-corrected chi connectivity index (χ4v) is 2.49. The number of carbonyl (C=O) groups is 3. The van der Waals surface area contributed by atoms with Gasteiger partial charge in [-0.25, -0.2) is 10.2 Å². The minimum Gasteiger partial charge on any atom is -0.482 e. The lowest BCUT2D eigenvalue weighted by Crippen LogP contribution is -2.20. The van der Waals surface area contributed by atoms with E-state index in [-0.39, 0.29) is 31.7 Å². The molecule has 2 N–H and O–H groups in total. The van der Waals surface area contributed by atoms with Crippen molar-refractivity contribution in [2.45, 2.75) is 25.9 Å². The number of carbonyl (C=O) groups excluding carboxylic acids is 3. The summed E-state index contributed by atoms with van der Waals surface area (Å²) in [6, 6.07) is 10.8. The minimum atomic E-state index is -4.52. The van der Waals surface area contributed by atoms with E-state index in [0.717, 1.165) is 12.1 Å². The Morgan fingerprint density at radius 1 is 1.03 bits per heavy atom. The summed E-state index contributed by atoms with van der Waals surface area (Å²) in [6.45, 7) is 1.70. The molecule has 176 valence electrons. The maximum atomic E-state index is 12.7. The van der Waals surface area contributed by atoms with Crippen molar-refractivity contribution in [2.24, 2.45) is 5.10 Å². The van der Waals surface area contributed by atoms with Crippen molar-refractivity contribution in [1.29, 1.82) is 0 Å². The van der Waals surface area contributed by atoms with Crippen molar-refractivity contribution in [3.8, 4) is 5.75 Å². The molecular weight excluding hydrogens is 443 g/mol. The van der Waals surface area contributed by atoms with Crippen LogP contribution in [0.3, 0.4) is 0 Å². The first-order chi connectivity index (χ1) is 15.7. The van der Waals surface area contributed by atoms with Crippen LogP contribution in [0, 0.1) is 0 Å². The van der Waals surface area contributed by atoms with Gasteiger partial charge >= 0.3 is 12.1 Å². The summed E-state index contributed by atoms with van der Waals surface area (Å²) in [5.74, 6) is -1.26. The SMILES string of the molecule is CCOC(=O)COc1cccc(C=NNC(=O)CCC(=O)Nc2cccc(C(F)(F)F)c2)c1. The Balaban J connectivity index is 1.77. The van der Waals surface area contributed by atoms with Crippen LogP contribution in [0.4, 0.5) is 18.9 Å². The number of anilines is 1. The first kappa shape index (κ1) is 25.4. The second kappa shape index (κ2) is 12.2. The summed E-state index contributed by atoms with van der Waals surface area (Å²) in [7, 11) is 0. The maximum Gasteiger partial charge on any atom is 0.416 e. The van der Waals surface area contributed by atoms with Crippen molar-refractivity contribution < 1.29 is 37.0 Å². The first-order valence-corrected chi connectivity index (χ1v) is 9.85. The summed E-state index contributed by atoms with van der Waals surface area (Å²) >= 11 is 0. The molecule has 0 spiro atoms. The fourth-order valence-electron chi connectivity index (χ4n) is 2.49. The molecule has 8 nitrogen and oxygen atoms in total. The van der Waals surface area contributed by atoms with Gasteiger partial charge in [-0.3, -0.25) is 9.59 Å². The highest BCUT2D eigenvalue weighted by Crippen LogP contribution is 2.30. The first-order valence-electron chi connectivity index (χ1n) is 9.85. The molecule has 33 heavy (non-hydrogen) atoms. The summed E-state index contributed by atoms with van der Waals surface area (Å²) < 4.78 is 48.2. The Morgan fingerprint density at radius 2 is 1.76 bits per heavy atom. The molecule has 0 aliphatic heterocycles. The van der Waals surface area contributed by atoms with Gasteiger partial charge in [0, 0.05) is 18.5 Å². The van der Waals surface area contributed by atoms with Gasteiger partial charge < -0.3 is 14.8 Å². The van der Waals surface area contributed by atoms with Crippen LogP contribution in [0.25, 0.3) is 0 Å². The monoisotopic (exact) mass is 465 g/mol. The Labute approximate surface area is 187 Å². The van der Waals surface area contributed by atoms with Crippen molar-refractivity contribution >= 4 is 29.7 Å². The van der Waals surface area contributed by atoms with Crippen LogP contribution in [0.2, 0.25) is 0 Å². The van der Waals surface area contributed by atoms with Crippen LogP contribution < -0.4 is 15.5 Å². The van der Waals surface area contributed by atoms with Crippen LogP contribution in [0.1, 0.15) is 30.9 Å². The molecule has 0 saturated carbocycles. The van der Waals surface area contributed by atoms with E-state index >= 15 is 0 Å². The smallest absolute Gasteiger partial charge is 0.416 e. The molecule has 0 aliphatic carbocycles. The molecule has 0 heterocycles. The molecule has 0 aliphatic rings. The molecule has 0 aromatic heterocycles. The predicted molar refractivity (Wildman–Crippen MR) is 114 cm³/mol. The zero-order valence-electron chi connectivity index (χ0n) is 17.6. The van der Waals surface area contributed by atoms with Crippen LogP contribution in [-0.4, -0.2) is 37.2 Å². The van der Waals surface area contributed by atoms with E-state index in [9.17, 15) is 27.6 Å². The Bertz CT molecular complexity index is 1010. The van der Waals surface area contributed by atoms with E-state index in [2.05, 4.69) is 15.8 Å². The second-order valence-electron chi connectivity index (χ2n) is 6.59. The average Bonchev–Trinajstić information content (AvgIpc) is 2.76. The van der Waals surface area contributed by atoms with Gasteiger partial charge in [-0.2, -0.15) is 18.3 Å². The summed E-state index contributed by atoms with van der Waals surface area (Å²) in [6.07, 6.45) is -3.64. The number of hydrogen-bond donors (Lipinski definition) is 2. The number of halogens is 3. The van der Waals surface area contributed by atoms with Gasteiger partial charge in [-0.1, -0.05) is 18.2 Å². The number of rotatable bonds is 10. The topological polar surface area (TPSA) is 106 Å². The van der Waals surface area contributed by atoms with Gasteiger partial charge in [0.05, 0.1) is 18.4 Å². The zero-order chi connectivity index (χ0) is 24.3. The van der Waals surface area contributed by atoms with Gasteiger partial charge in [-0.15, -0.1) is 0 Å². The number of hydrazone groups is 1. The number of hydrogen-bond acceptors (Lipinski definition) is 6. The van der Waals surface area contributed by atoms with E-state index in [4.69, 9.17) is 9.47 Å². The lowest BCUT2D eigenvalue weighted by Gasteiger charge is -2.09. The van der Waals surface area contributed by atoms with Crippen LogP contribution >= 0.6 is 0 Å². The van der Waals surface area contributed by atoms with E-state index in [1.54, 1.807) is 31.2 Å². The molecular formula is C22H22F3N3O5. The van der Waals surface area contributed by atoms with Crippen molar-refractivity contribution in [1.82, 2.24) is 5.43 Å². The average molecular weight is 465 g/mol. The van der Waals surface area contributed by atoms with E-state index in [1.807, 2.05) is 0 Å². The van der Waals surface area contributed by atoms with Crippen molar-refractivity contribution in [3.63, 3.8) is 0 Å². The Hall–Kier alpha value is -3.89. The molecule has 11 heteroatoms. The van der Waals surface area contributed by atoms with Crippen LogP contribution in [-0.2, 0) is 25.3 Å². The number of alkyl halides is 3. The predicted octanol–water partition coefficient (Wildman–Crippen LogP) is 3.52. The zero-order valence-corrected chi connectivity index (χ0v) is 17.6. The third-order valence-electron chi connectivity index (χ3n) is 3.98. The Kier molecular flexibility index (Phi) is 9.40. The molecule has 0 radical (unpaired) electrons. The van der Waals surface area contributed by atoms with Crippen molar-refractivity contribution in [2.75, 3.05) is 18.5 Å². The largest absolute Gasteiger partial charge is 0.482 e. The molecule has 2 rings (SSSR count). The van der Waals surface area contributed by atoms with E-state index in [1.165, 1.54) is 18.3 Å². The highest BCUT2D eigenvalue weighted by Gasteiger charge is 2.30. The van der Waals surface area contributed by atoms with E-state index < -0.39 is 29.5 Å². The highest BCUT2D eigenvalue weighted by atomic mass is 19.4.